The first-order chi connectivity index (χ1) is 10.8. The van der Waals surface area contributed by atoms with Crippen molar-refractivity contribution in [2.24, 2.45) is 0 Å². The minimum absolute atomic E-state index is 0. The fourth-order valence-electron chi connectivity index (χ4n) is 2.67. The molecule has 2 aromatic rings. The molecule has 5 nitrogen and oxygen atoms in total. The molecule has 1 aliphatic rings. The summed E-state index contributed by atoms with van der Waals surface area (Å²) < 4.78 is 12.0. The zero-order chi connectivity index (χ0) is 15.4. The number of halogens is 2. The van der Waals surface area contributed by atoms with Gasteiger partial charge < -0.3 is 14.8 Å². The van der Waals surface area contributed by atoms with E-state index in [4.69, 9.17) is 9.47 Å². The van der Waals surface area contributed by atoms with Crippen molar-refractivity contribution in [3.63, 3.8) is 0 Å². The molecule has 0 radical (unpaired) electrons. The summed E-state index contributed by atoms with van der Waals surface area (Å²) in [6, 6.07) is 4.07. The van der Waals surface area contributed by atoms with Crippen molar-refractivity contribution in [1.82, 2.24) is 9.88 Å². The molecular formula is C16H25Cl2N3O2S. The van der Waals surface area contributed by atoms with Crippen LogP contribution in [0, 0.1) is 6.92 Å². The number of nitrogens with zero attached hydrogens (tertiary/aromatic N) is 2. The number of methoxy groups -OCH3 is 1. The van der Waals surface area contributed by atoms with Crippen molar-refractivity contribution in [3.8, 4) is 5.75 Å². The van der Waals surface area contributed by atoms with Gasteiger partial charge in [0.2, 0.25) is 0 Å². The third kappa shape index (κ3) is 5.10. The van der Waals surface area contributed by atoms with Gasteiger partial charge in [-0.2, -0.15) is 0 Å². The van der Waals surface area contributed by atoms with E-state index in [-0.39, 0.29) is 24.8 Å². The number of rotatable bonds is 6. The lowest BCUT2D eigenvalue weighted by atomic mass is 10.2. The van der Waals surface area contributed by atoms with Gasteiger partial charge in [-0.05, 0) is 31.5 Å². The molecule has 1 saturated heterocycles. The molecule has 0 bridgehead atoms. The average Bonchev–Trinajstić information content (AvgIpc) is 2.98. The number of thiazole rings is 1. The van der Waals surface area contributed by atoms with Gasteiger partial charge in [-0.25, -0.2) is 4.98 Å². The van der Waals surface area contributed by atoms with Gasteiger partial charge in [0.25, 0.3) is 0 Å². The molecule has 3 rings (SSSR count). The van der Waals surface area contributed by atoms with Crippen LogP contribution in [0.15, 0.2) is 12.1 Å². The summed E-state index contributed by atoms with van der Waals surface area (Å²) in [5, 5.41) is 4.42. The van der Waals surface area contributed by atoms with E-state index in [2.05, 4.69) is 28.2 Å². The Bertz CT molecular complexity index is 633. The van der Waals surface area contributed by atoms with Crippen LogP contribution in [-0.2, 0) is 4.74 Å². The van der Waals surface area contributed by atoms with Crippen molar-refractivity contribution in [2.45, 2.75) is 13.3 Å². The summed E-state index contributed by atoms with van der Waals surface area (Å²) in [4.78, 5) is 7.13. The Morgan fingerprint density at radius 2 is 2.04 bits per heavy atom. The number of aromatic nitrogens is 1. The van der Waals surface area contributed by atoms with Crippen molar-refractivity contribution < 1.29 is 9.47 Å². The topological polar surface area (TPSA) is 46.6 Å². The van der Waals surface area contributed by atoms with Crippen molar-refractivity contribution in [1.29, 1.82) is 0 Å². The summed E-state index contributed by atoms with van der Waals surface area (Å²) >= 11 is 1.70. The largest absolute Gasteiger partial charge is 0.494 e. The molecule has 2 heterocycles. The molecule has 1 N–H and O–H groups in total. The van der Waals surface area contributed by atoms with E-state index in [9.17, 15) is 0 Å². The third-order valence-corrected chi connectivity index (χ3v) is 5.10. The van der Waals surface area contributed by atoms with Crippen LogP contribution < -0.4 is 10.1 Å². The summed E-state index contributed by atoms with van der Waals surface area (Å²) in [6.45, 7) is 8.01. The van der Waals surface area contributed by atoms with E-state index in [1.807, 2.05) is 6.07 Å². The number of hydrogen-bond donors (Lipinski definition) is 1. The van der Waals surface area contributed by atoms with E-state index in [0.717, 1.165) is 62.2 Å². The Morgan fingerprint density at radius 1 is 1.29 bits per heavy atom. The average molecular weight is 394 g/mol. The lowest BCUT2D eigenvalue weighted by Crippen LogP contribution is -2.37. The highest BCUT2D eigenvalue weighted by Gasteiger charge is 2.12. The van der Waals surface area contributed by atoms with Crippen LogP contribution in [0.2, 0.25) is 0 Å². The van der Waals surface area contributed by atoms with Crippen LogP contribution in [0.25, 0.3) is 10.2 Å². The lowest BCUT2D eigenvalue weighted by Gasteiger charge is -2.26. The Hall–Kier alpha value is -0.790. The monoisotopic (exact) mass is 393 g/mol. The maximum atomic E-state index is 5.40. The van der Waals surface area contributed by atoms with E-state index in [0.29, 0.717) is 0 Å². The second-order valence-electron chi connectivity index (χ2n) is 5.52. The summed E-state index contributed by atoms with van der Waals surface area (Å²) in [6.07, 6.45) is 1.12. The standard InChI is InChI=1S/C16H23N3O2S.2ClH/c1-12-4-5-13(20-2)14-15(12)22-16(18-14)17-6-3-7-19-8-10-21-11-9-19;;/h4-5H,3,6-11H2,1-2H3,(H,17,18);2*1H. The lowest BCUT2D eigenvalue weighted by molar-refractivity contribution is 0.0378. The third-order valence-electron chi connectivity index (χ3n) is 3.95. The molecule has 0 spiro atoms. The number of nitrogens with one attached hydrogen (secondary N) is 1. The molecule has 0 atom stereocenters. The fourth-order valence-corrected chi connectivity index (χ4v) is 3.65. The number of hydrogen-bond acceptors (Lipinski definition) is 6. The highest BCUT2D eigenvalue weighted by atomic mass is 35.5. The van der Waals surface area contributed by atoms with Gasteiger partial charge in [0.1, 0.15) is 11.3 Å². The molecule has 136 valence electrons. The molecule has 1 aromatic carbocycles. The number of fused-ring (bicyclic) bond motifs is 1. The van der Waals surface area contributed by atoms with Gasteiger partial charge in [0.05, 0.1) is 25.0 Å². The number of ether oxygens (including phenoxy) is 2. The summed E-state index contributed by atoms with van der Waals surface area (Å²) in [7, 11) is 1.69. The normalized spacial score (nSPS) is 14.8. The molecular weight excluding hydrogens is 369 g/mol. The molecule has 8 heteroatoms. The van der Waals surface area contributed by atoms with Crippen LogP contribution in [0.4, 0.5) is 5.13 Å². The first kappa shape index (κ1) is 21.3. The highest BCUT2D eigenvalue weighted by molar-refractivity contribution is 7.22. The second kappa shape index (κ2) is 10.3. The molecule has 0 saturated carbocycles. The molecule has 24 heavy (non-hydrogen) atoms. The Balaban J connectivity index is 0.00000144. The van der Waals surface area contributed by atoms with Gasteiger partial charge in [-0.15, -0.1) is 24.8 Å². The molecule has 0 aliphatic carbocycles. The minimum atomic E-state index is 0. The predicted molar refractivity (Wildman–Crippen MR) is 106 cm³/mol. The fraction of sp³-hybridized carbons (Fsp3) is 0.562. The Morgan fingerprint density at radius 3 is 2.75 bits per heavy atom. The summed E-state index contributed by atoms with van der Waals surface area (Å²) in [5.41, 5.74) is 2.21. The SMILES string of the molecule is COc1ccc(C)c2sc(NCCCN3CCOCC3)nc12.Cl.Cl. The number of anilines is 1. The predicted octanol–water partition coefficient (Wildman–Crippen LogP) is 3.59. The van der Waals surface area contributed by atoms with E-state index in [1.54, 1.807) is 18.4 Å². The first-order valence-corrected chi connectivity index (χ1v) is 8.57. The van der Waals surface area contributed by atoms with Crippen LogP contribution >= 0.6 is 36.2 Å². The van der Waals surface area contributed by atoms with Crippen LogP contribution in [0.1, 0.15) is 12.0 Å². The smallest absolute Gasteiger partial charge is 0.183 e. The van der Waals surface area contributed by atoms with Crippen molar-refractivity contribution >= 4 is 51.5 Å². The van der Waals surface area contributed by atoms with Gasteiger partial charge >= 0.3 is 0 Å². The van der Waals surface area contributed by atoms with Gasteiger partial charge in [-0.3, -0.25) is 4.90 Å². The van der Waals surface area contributed by atoms with E-state index < -0.39 is 0 Å². The molecule has 0 unspecified atom stereocenters. The Kier molecular flexibility index (Phi) is 9.08. The van der Waals surface area contributed by atoms with Gasteiger partial charge in [0, 0.05) is 19.6 Å². The molecule has 1 aliphatic heterocycles. The van der Waals surface area contributed by atoms with Gasteiger partial charge in [-0.1, -0.05) is 17.4 Å². The maximum Gasteiger partial charge on any atom is 0.183 e. The summed E-state index contributed by atoms with van der Waals surface area (Å²) in [5.74, 6) is 0.846. The van der Waals surface area contributed by atoms with E-state index in [1.165, 1.54) is 10.3 Å². The molecule has 1 fully saturated rings. The van der Waals surface area contributed by atoms with Gasteiger partial charge in [0.15, 0.2) is 5.13 Å². The Labute approximate surface area is 159 Å². The van der Waals surface area contributed by atoms with Crippen LogP contribution in [0.3, 0.4) is 0 Å². The zero-order valence-electron chi connectivity index (χ0n) is 14.0. The van der Waals surface area contributed by atoms with Crippen LogP contribution in [0.5, 0.6) is 5.75 Å². The zero-order valence-corrected chi connectivity index (χ0v) is 16.5. The number of morpholine rings is 1. The molecule has 1 aromatic heterocycles. The number of aryl methyl sites for hydroxylation is 1. The minimum Gasteiger partial charge on any atom is -0.494 e. The van der Waals surface area contributed by atoms with Crippen molar-refractivity contribution in [2.75, 3.05) is 51.8 Å². The molecule has 0 amide bonds. The van der Waals surface area contributed by atoms with Crippen molar-refractivity contribution in [3.05, 3.63) is 17.7 Å². The first-order valence-electron chi connectivity index (χ1n) is 7.76. The maximum absolute atomic E-state index is 5.40. The number of benzene rings is 1. The highest BCUT2D eigenvalue weighted by Crippen LogP contribution is 2.34. The second-order valence-corrected chi connectivity index (χ2v) is 6.51. The van der Waals surface area contributed by atoms with Crippen LogP contribution in [-0.4, -0.2) is 56.4 Å². The van der Waals surface area contributed by atoms with E-state index >= 15 is 0 Å². The quantitative estimate of drug-likeness (QED) is 0.759.